The number of primary amides is 2. The van der Waals surface area contributed by atoms with Crippen molar-refractivity contribution in [2.45, 2.75) is 40.5 Å². The molecule has 4 heteroatoms. The normalized spacial score (nSPS) is 12.6. The highest BCUT2D eigenvalue weighted by molar-refractivity contribution is 5.91. The molecule has 0 saturated carbocycles. The molecule has 0 spiro atoms. The molecule has 0 aromatic heterocycles. The highest BCUT2D eigenvalue weighted by atomic mass is 16.2. The lowest BCUT2D eigenvalue weighted by molar-refractivity contribution is -0.146. The van der Waals surface area contributed by atoms with Crippen molar-refractivity contribution in [3.05, 3.63) is 0 Å². The van der Waals surface area contributed by atoms with Crippen LogP contribution in [-0.4, -0.2) is 11.8 Å². The van der Waals surface area contributed by atoms with E-state index in [1.165, 1.54) is 0 Å². The average Bonchev–Trinajstić information content (AvgIpc) is 2.05. The van der Waals surface area contributed by atoms with Gasteiger partial charge in [0.1, 0.15) is 0 Å². The van der Waals surface area contributed by atoms with Crippen LogP contribution < -0.4 is 11.5 Å². The molecule has 82 valence electrons. The van der Waals surface area contributed by atoms with Gasteiger partial charge in [0.2, 0.25) is 11.8 Å². The summed E-state index contributed by atoms with van der Waals surface area (Å²) in [5, 5.41) is 0. The Labute approximate surface area is 85.0 Å². The molecule has 2 amide bonds. The first-order valence-corrected chi connectivity index (χ1v) is 4.86. The van der Waals surface area contributed by atoms with Gasteiger partial charge in [0, 0.05) is 0 Å². The van der Waals surface area contributed by atoms with Crippen LogP contribution in [0.5, 0.6) is 0 Å². The van der Waals surface area contributed by atoms with Crippen LogP contribution in [0.1, 0.15) is 40.5 Å². The van der Waals surface area contributed by atoms with Gasteiger partial charge in [-0.2, -0.15) is 0 Å². The first kappa shape index (κ1) is 12.9. The predicted octanol–water partition coefficient (Wildman–Crippen LogP) is 0.790. The second kappa shape index (κ2) is 3.98. The van der Waals surface area contributed by atoms with Crippen molar-refractivity contribution in [2.75, 3.05) is 0 Å². The van der Waals surface area contributed by atoms with Crippen molar-refractivity contribution < 1.29 is 9.59 Å². The molecule has 14 heavy (non-hydrogen) atoms. The van der Waals surface area contributed by atoms with E-state index in [1.54, 1.807) is 13.8 Å². The molecule has 0 aliphatic heterocycles. The number of hydrogen-bond donors (Lipinski definition) is 2. The number of hydrogen-bond acceptors (Lipinski definition) is 2. The molecule has 0 rings (SSSR count). The van der Waals surface area contributed by atoms with E-state index in [9.17, 15) is 9.59 Å². The summed E-state index contributed by atoms with van der Waals surface area (Å²) in [7, 11) is 0. The predicted molar refractivity (Wildman–Crippen MR) is 55.2 cm³/mol. The monoisotopic (exact) mass is 200 g/mol. The summed E-state index contributed by atoms with van der Waals surface area (Å²) >= 11 is 0. The Bertz CT molecular complexity index is 243. The molecule has 0 aliphatic carbocycles. The van der Waals surface area contributed by atoms with Crippen LogP contribution in [-0.2, 0) is 9.59 Å². The van der Waals surface area contributed by atoms with Gasteiger partial charge >= 0.3 is 0 Å². The first-order chi connectivity index (χ1) is 6.26. The molecule has 0 fully saturated rings. The maximum Gasteiger partial charge on any atom is 0.224 e. The Hall–Kier alpha value is -1.06. The van der Waals surface area contributed by atoms with Crippen molar-refractivity contribution in [2.24, 2.45) is 22.3 Å². The van der Waals surface area contributed by atoms with Gasteiger partial charge in [-0.1, -0.05) is 13.8 Å². The zero-order valence-corrected chi connectivity index (χ0v) is 9.39. The fraction of sp³-hybridized carbons (Fsp3) is 0.800. The summed E-state index contributed by atoms with van der Waals surface area (Å²) < 4.78 is 0. The third kappa shape index (κ3) is 1.61. The molecule has 0 radical (unpaired) electrons. The summed E-state index contributed by atoms with van der Waals surface area (Å²) in [6.45, 7) is 7.04. The van der Waals surface area contributed by atoms with Crippen LogP contribution in [0.3, 0.4) is 0 Å². The van der Waals surface area contributed by atoms with Crippen molar-refractivity contribution in [1.82, 2.24) is 0 Å². The quantitative estimate of drug-likeness (QED) is 0.687. The minimum Gasteiger partial charge on any atom is -0.369 e. The molecule has 0 aromatic carbocycles. The largest absolute Gasteiger partial charge is 0.369 e. The molecule has 0 aromatic rings. The van der Waals surface area contributed by atoms with Crippen LogP contribution >= 0.6 is 0 Å². The van der Waals surface area contributed by atoms with E-state index in [0.29, 0.717) is 12.8 Å². The van der Waals surface area contributed by atoms with E-state index in [1.807, 2.05) is 13.8 Å². The van der Waals surface area contributed by atoms with Crippen LogP contribution in [0.25, 0.3) is 0 Å². The fourth-order valence-electron chi connectivity index (χ4n) is 2.03. The van der Waals surface area contributed by atoms with Gasteiger partial charge in [-0.05, 0) is 26.7 Å². The number of carbonyl (C=O) groups excluding carboxylic acids is 2. The molecule has 0 aliphatic rings. The third-order valence-corrected chi connectivity index (χ3v) is 3.49. The Kier molecular flexibility index (Phi) is 3.68. The lowest BCUT2D eigenvalue weighted by Gasteiger charge is -2.41. The van der Waals surface area contributed by atoms with Gasteiger partial charge in [0.25, 0.3) is 0 Å². The fourth-order valence-corrected chi connectivity index (χ4v) is 2.03. The van der Waals surface area contributed by atoms with Crippen LogP contribution in [0, 0.1) is 10.8 Å². The number of amides is 2. The van der Waals surface area contributed by atoms with Gasteiger partial charge in [0.05, 0.1) is 10.8 Å². The SMILES string of the molecule is CCC(CC)(C(N)=O)C(C)(C)C(N)=O. The molecule has 0 atom stereocenters. The lowest BCUT2D eigenvalue weighted by Crippen LogP contribution is -2.53. The smallest absolute Gasteiger partial charge is 0.224 e. The summed E-state index contributed by atoms with van der Waals surface area (Å²) in [6, 6.07) is 0. The van der Waals surface area contributed by atoms with E-state index < -0.39 is 22.6 Å². The maximum atomic E-state index is 11.4. The van der Waals surface area contributed by atoms with Gasteiger partial charge in [-0.3, -0.25) is 9.59 Å². The lowest BCUT2D eigenvalue weighted by atomic mass is 9.61. The van der Waals surface area contributed by atoms with Gasteiger partial charge in [-0.25, -0.2) is 0 Å². The first-order valence-electron chi connectivity index (χ1n) is 4.86. The van der Waals surface area contributed by atoms with Crippen molar-refractivity contribution in [1.29, 1.82) is 0 Å². The zero-order chi connectivity index (χ0) is 11.6. The maximum absolute atomic E-state index is 11.4. The topological polar surface area (TPSA) is 86.2 Å². The second-order valence-electron chi connectivity index (χ2n) is 4.14. The summed E-state index contributed by atoms with van der Waals surface area (Å²) in [5.74, 6) is -0.939. The Morgan fingerprint density at radius 2 is 1.36 bits per heavy atom. The Morgan fingerprint density at radius 3 is 1.43 bits per heavy atom. The minimum atomic E-state index is -0.900. The molecule has 0 bridgehead atoms. The highest BCUT2D eigenvalue weighted by Gasteiger charge is 2.50. The molecule has 0 heterocycles. The highest BCUT2D eigenvalue weighted by Crippen LogP contribution is 2.44. The molecular formula is C10H20N2O2. The van der Waals surface area contributed by atoms with Crippen LogP contribution in [0.15, 0.2) is 0 Å². The average molecular weight is 200 g/mol. The molecule has 0 saturated heterocycles. The molecule has 4 N–H and O–H groups in total. The number of carbonyl (C=O) groups is 2. The van der Waals surface area contributed by atoms with Crippen molar-refractivity contribution >= 4 is 11.8 Å². The van der Waals surface area contributed by atoms with Crippen LogP contribution in [0.2, 0.25) is 0 Å². The van der Waals surface area contributed by atoms with E-state index in [0.717, 1.165) is 0 Å². The summed E-state index contributed by atoms with van der Waals surface area (Å²) in [5.41, 5.74) is 8.93. The van der Waals surface area contributed by atoms with E-state index in [-0.39, 0.29) is 0 Å². The third-order valence-electron chi connectivity index (χ3n) is 3.49. The van der Waals surface area contributed by atoms with Crippen molar-refractivity contribution in [3.63, 3.8) is 0 Å². The van der Waals surface area contributed by atoms with Gasteiger partial charge in [-0.15, -0.1) is 0 Å². The summed E-state index contributed by atoms with van der Waals surface area (Å²) in [4.78, 5) is 22.8. The molecular weight excluding hydrogens is 180 g/mol. The number of nitrogens with two attached hydrogens (primary N) is 2. The standard InChI is InChI=1S/C10H20N2O2/c1-5-10(6-2,8(12)14)9(3,4)7(11)13/h5-6H2,1-4H3,(H2,11,13)(H2,12,14). The minimum absolute atomic E-state index is 0.452. The number of rotatable bonds is 5. The Morgan fingerprint density at radius 1 is 1.00 bits per heavy atom. The van der Waals surface area contributed by atoms with E-state index >= 15 is 0 Å². The van der Waals surface area contributed by atoms with Gasteiger partial charge < -0.3 is 11.5 Å². The zero-order valence-electron chi connectivity index (χ0n) is 9.39. The summed E-state index contributed by atoms with van der Waals surface area (Å²) in [6.07, 6.45) is 1.05. The van der Waals surface area contributed by atoms with E-state index in [4.69, 9.17) is 11.5 Å². The van der Waals surface area contributed by atoms with Crippen molar-refractivity contribution in [3.8, 4) is 0 Å². The molecule has 0 unspecified atom stereocenters. The second-order valence-corrected chi connectivity index (χ2v) is 4.14. The van der Waals surface area contributed by atoms with E-state index in [2.05, 4.69) is 0 Å². The van der Waals surface area contributed by atoms with Crippen LogP contribution in [0.4, 0.5) is 0 Å². The molecule has 4 nitrogen and oxygen atoms in total. The Balaban J connectivity index is 5.39. The van der Waals surface area contributed by atoms with Gasteiger partial charge in [0.15, 0.2) is 0 Å².